The van der Waals surface area contributed by atoms with Gasteiger partial charge in [0.15, 0.2) is 0 Å². The van der Waals surface area contributed by atoms with E-state index in [1.54, 1.807) is 25.6 Å². The Labute approximate surface area is 118 Å². The number of thiophene rings is 1. The van der Waals surface area contributed by atoms with E-state index < -0.39 is 0 Å². The van der Waals surface area contributed by atoms with Crippen LogP contribution in [-0.4, -0.2) is 14.2 Å². The number of hydrogen-bond donors (Lipinski definition) is 1. The van der Waals surface area contributed by atoms with Crippen molar-refractivity contribution in [3.63, 3.8) is 0 Å². The minimum atomic E-state index is 0.345. The van der Waals surface area contributed by atoms with Crippen LogP contribution in [0.3, 0.4) is 0 Å². The molecule has 1 N–H and O–H groups in total. The van der Waals surface area contributed by atoms with E-state index in [4.69, 9.17) is 9.47 Å². The van der Waals surface area contributed by atoms with Crippen LogP contribution in [0, 0.1) is 0 Å². The van der Waals surface area contributed by atoms with Gasteiger partial charge in [0, 0.05) is 23.5 Å². The van der Waals surface area contributed by atoms with Gasteiger partial charge in [-0.1, -0.05) is 6.07 Å². The van der Waals surface area contributed by atoms with Crippen LogP contribution >= 0.6 is 11.3 Å². The summed E-state index contributed by atoms with van der Waals surface area (Å²) in [5, 5.41) is 5.60. The molecule has 0 amide bonds. The molecule has 2 aromatic rings. The SMILES string of the molecule is COc1cc(CN[C@H](C)c2cccs2)cc(OC)c1. The molecule has 0 aliphatic heterocycles. The second-order valence-electron chi connectivity index (χ2n) is 4.34. The fraction of sp³-hybridized carbons (Fsp3) is 0.333. The summed E-state index contributed by atoms with van der Waals surface area (Å²) in [7, 11) is 3.33. The maximum atomic E-state index is 5.27. The van der Waals surface area contributed by atoms with Gasteiger partial charge in [-0.05, 0) is 36.1 Å². The van der Waals surface area contributed by atoms with Gasteiger partial charge in [0.05, 0.1) is 14.2 Å². The van der Waals surface area contributed by atoms with E-state index >= 15 is 0 Å². The molecule has 0 aliphatic rings. The molecule has 102 valence electrons. The molecule has 19 heavy (non-hydrogen) atoms. The Morgan fingerprint density at radius 3 is 2.37 bits per heavy atom. The zero-order valence-electron chi connectivity index (χ0n) is 11.5. The van der Waals surface area contributed by atoms with Gasteiger partial charge in [-0.2, -0.15) is 0 Å². The smallest absolute Gasteiger partial charge is 0.122 e. The summed E-state index contributed by atoms with van der Waals surface area (Å²) in [6.45, 7) is 2.95. The van der Waals surface area contributed by atoms with Gasteiger partial charge in [0.25, 0.3) is 0 Å². The largest absolute Gasteiger partial charge is 0.497 e. The normalized spacial score (nSPS) is 12.2. The lowest BCUT2D eigenvalue weighted by Crippen LogP contribution is -2.17. The monoisotopic (exact) mass is 277 g/mol. The van der Waals surface area contributed by atoms with E-state index in [2.05, 4.69) is 29.8 Å². The molecule has 1 aromatic heterocycles. The van der Waals surface area contributed by atoms with Gasteiger partial charge in [0.2, 0.25) is 0 Å². The van der Waals surface area contributed by atoms with Gasteiger partial charge >= 0.3 is 0 Å². The van der Waals surface area contributed by atoms with Crippen molar-refractivity contribution in [2.45, 2.75) is 19.5 Å². The number of nitrogens with one attached hydrogen (secondary N) is 1. The minimum absolute atomic E-state index is 0.345. The molecule has 1 aromatic carbocycles. The summed E-state index contributed by atoms with van der Waals surface area (Å²) in [4.78, 5) is 1.34. The molecule has 0 saturated heterocycles. The van der Waals surface area contributed by atoms with Crippen LogP contribution < -0.4 is 14.8 Å². The maximum Gasteiger partial charge on any atom is 0.122 e. The number of hydrogen-bond acceptors (Lipinski definition) is 4. The lowest BCUT2D eigenvalue weighted by molar-refractivity contribution is 0.393. The van der Waals surface area contributed by atoms with E-state index in [1.807, 2.05) is 18.2 Å². The highest BCUT2D eigenvalue weighted by molar-refractivity contribution is 7.10. The summed E-state index contributed by atoms with van der Waals surface area (Å²) in [6.07, 6.45) is 0. The highest BCUT2D eigenvalue weighted by Crippen LogP contribution is 2.23. The number of benzene rings is 1. The first kappa shape index (κ1) is 13.9. The molecule has 0 fully saturated rings. The maximum absolute atomic E-state index is 5.27. The Morgan fingerprint density at radius 2 is 1.84 bits per heavy atom. The fourth-order valence-electron chi connectivity index (χ4n) is 1.88. The predicted octanol–water partition coefficient (Wildman–Crippen LogP) is 3.62. The number of rotatable bonds is 6. The molecule has 0 bridgehead atoms. The minimum Gasteiger partial charge on any atom is -0.497 e. The molecular formula is C15H19NO2S. The second-order valence-corrected chi connectivity index (χ2v) is 5.32. The van der Waals surface area contributed by atoms with Crippen LogP contribution in [0.5, 0.6) is 11.5 Å². The third-order valence-electron chi connectivity index (χ3n) is 2.99. The van der Waals surface area contributed by atoms with Crippen molar-refractivity contribution in [1.29, 1.82) is 0 Å². The van der Waals surface area contributed by atoms with Crippen molar-refractivity contribution in [2.24, 2.45) is 0 Å². The van der Waals surface area contributed by atoms with Crippen LogP contribution in [0.4, 0.5) is 0 Å². The average Bonchev–Trinajstić information content (AvgIpc) is 2.98. The summed E-state index contributed by atoms with van der Waals surface area (Å²) < 4.78 is 10.5. The first-order valence-corrected chi connectivity index (χ1v) is 7.09. The molecule has 3 nitrogen and oxygen atoms in total. The standard InChI is InChI=1S/C15H19NO2S/c1-11(15-5-4-6-19-15)16-10-12-7-13(17-2)9-14(8-12)18-3/h4-9,11,16H,10H2,1-3H3/t11-/m1/s1. The van der Waals surface area contributed by atoms with E-state index in [0.717, 1.165) is 23.6 Å². The molecule has 0 aliphatic carbocycles. The lowest BCUT2D eigenvalue weighted by Gasteiger charge is -2.13. The lowest BCUT2D eigenvalue weighted by atomic mass is 10.2. The Balaban J connectivity index is 2.02. The summed E-state index contributed by atoms with van der Waals surface area (Å²) in [6, 6.07) is 10.5. The molecule has 0 spiro atoms. The van der Waals surface area contributed by atoms with Crippen molar-refractivity contribution < 1.29 is 9.47 Å². The Morgan fingerprint density at radius 1 is 1.16 bits per heavy atom. The highest BCUT2D eigenvalue weighted by atomic mass is 32.1. The third-order valence-corrected chi connectivity index (χ3v) is 4.05. The Kier molecular flexibility index (Phi) is 4.82. The van der Waals surface area contributed by atoms with Crippen LogP contribution in [0.2, 0.25) is 0 Å². The summed E-state index contributed by atoms with van der Waals surface area (Å²) in [5.41, 5.74) is 1.15. The molecular weight excluding hydrogens is 258 g/mol. The Bertz CT molecular complexity index is 489. The molecule has 0 unspecified atom stereocenters. The quantitative estimate of drug-likeness (QED) is 0.875. The van der Waals surface area contributed by atoms with Gasteiger partial charge < -0.3 is 14.8 Å². The molecule has 2 rings (SSSR count). The fourth-order valence-corrected chi connectivity index (χ4v) is 2.64. The van der Waals surface area contributed by atoms with Gasteiger partial charge in [-0.25, -0.2) is 0 Å². The summed E-state index contributed by atoms with van der Waals surface area (Å²) >= 11 is 1.77. The second kappa shape index (κ2) is 6.59. The van der Waals surface area contributed by atoms with E-state index in [0.29, 0.717) is 6.04 Å². The van der Waals surface area contributed by atoms with Crippen LogP contribution in [0.15, 0.2) is 35.7 Å². The van der Waals surface area contributed by atoms with Crippen LogP contribution in [-0.2, 0) is 6.54 Å². The van der Waals surface area contributed by atoms with Gasteiger partial charge in [0.1, 0.15) is 11.5 Å². The zero-order valence-corrected chi connectivity index (χ0v) is 12.3. The average molecular weight is 277 g/mol. The first-order chi connectivity index (χ1) is 9.22. The molecule has 0 radical (unpaired) electrons. The molecule has 1 atom stereocenters. The highest BCUT2D eigenvalue weighted by Gasteiger charge is 2.07. The van der Waals surface area contributed by atoms with Crippen molar-refractivity contribution in [3.05, 3.63) is 46.2 Å². The van der Waals surface area contributed by atoms with Crippen molar-refractivity contribution >= 4 is 11.3 Å². The van der Waals surface area contributed by atoms with E-state index in [1.165, 1.54) is 4.88 Å². The van der Waals surface area contributed by atoms with Crippen LogP contribution in [0.25, 0.3) is 0 Å². The van der Waals surface area contributed by atoms with E-state index in [9.17, 15) is 0 Å². The van der Waals surface area contributed by atoms with Crippen molar-refractivity contribution in [2.75, 3.05) is 14.2 Å². The van der Waals surface area contributed by atoms with E-state index in [-0.39, 0.29) is 0 Å². The van der Waals surface area contributed by atoms with Gasteiger partial charge in [-0.3, -0.25) is 0 Å². The van der Waals surface area contributed by atoms with Crippen molar-refractivity contribution in [3.8, 4) is 11.5 Å². The molecule has 4 heteroatoms. The molecule has 1 heterocycles. The third kappa shape index (κ3) is 3.72. The number of methoxy groups -OCH3 is 2. The zero-order chi connectivity index (χ0) is 13.7. The number of ether oxygens (including phenoxy) is 2. The van der Waals surface area contributed by atoms with Gasteiger partial charge in [-0.15, -0.1) is 11.3 Å². The topological polar surface area (TPSA) is 30.5 Å². The van der Waals surface area contributed by atoms with Crippen molar-refractivity contribution in [1.82, 2.24) is 5.32 Å². The van der Waals surface area contributed by atoms with Crippen LogP contribution in [0.1, 0.15) is 23.4 Å². The summed E-state index contributed by atoms with van der Waals surface area (Å²) in [5.74, 6) is 1.64. The molecule has 0 saturated carbocycles. The first-order valence-electron chi connectivity index (χ1n) is 6.21. The predicted molar refractivity (Wildman–Crippen MR) is 79.1 cm³/mol. The Hall–Kier alpha value is -1.52.